The summed E-state index contributed by atoms with van der Waals surface area (Å²) >= 11 is 0. The summed E-state index contributed by atoms with van der Waals surface area (Å²) in [5.74, 6) is 2.08. The van der Waals surface area contributed by atoms with Crippen LogP contribution in [-0.2, 0) is 0 Å². The summed E-state index contributed by atoms with van der Waals surface area (Å²) < 4.78 is 1.64. The Balaban J connectivity index is 2.69. The fourth-order valence-corrected chi connectivity index (χ4v) is 2.25. The molecular weight excluding hydrogens is 266 g/mol. The average molecular weight is 283 g/mol. The van der Waals surface area contributed by atoms with Gasteiger partial charge in [-0.1, -0.05) is 24.1 Å². The summed E-state index contributed by atoms with van der Waals surface area (Å²) in [6.07, 6.45) is 5.40. The summed E-state index contributed by atoms with van der Waals surface area (Å²) in [5, 5.41) is 13.9. The molecule has 0 aliphatic heterocycles. The molecular formula is C16H17N3O2. The van der Waals surface area contributed by atoms with Crippen molar-refractivity contribution in [1.29, 1.82) is 0 Å². The molecule has 108 valence electrons. The minimum atomic E-state index is -1.000. The Morgan fingerprint density at radius 3 is 2.62 bits per heavy atom. The number of carbonyl (C=O) groups is 1. The molecule has 0 amide bonds. The van der Waals surface area contributed by atoms with Crippen molar-refractivity contribution in [3.63, 3.8) is 0 Å². The van der Waals surface area contributed by atoms with E-state index < -0.39 is 5.97 Å². The fourth-order valence-electron chi connectivity index (χ4n) is 2.25. The predicted octanol–water partition coefficient (Wildman–Crippen LogP) is 2.34. The Labute approximate surface area is 123 Å². The lowest BCUT2D eigenvalue weighted by molar-refractivity contribution is 0.0697. The first-order valence-electron chi connectivity index (χ1n) is 6.66. The van der Waals surface area contributed by atoms with E-state index in [4.69, 9.17) is 6.42 Å². The molecule has 0 spiro atoms. The molecule has 0 atom stereocenters. The van der Waals surface area contributed by atoms with Gasteiger partial charge in [0.15, 0.2) is 0 Å². The van der Waals surface area contributed by atoms with Gasteiger partial charge in [-0.05, 0) is 26.0 Å². The fraction of sp³-hybridized carbons (Fsp3) is 0.250. The second kappa shape index (κ2) is 6.14. The number of hydrogen-bond donors (Lipinski definition) is 1. The van der Waals surface area contributed by atoms with Crippen LogP contribution in [0.15, 0.2) is 30.3 Å². The maximum Gasteiger partial charge on any atom is 0.341 e. The Hall–Kier alpha value is -2.74. The summed E-state index contributed by atoms with van der Waals surface area (Å²) in [4.78, 5) is 13.4. The van der Waals surface area contributed by atoms with Gasteiger partial charge in [0, 0.05) is 6.54 Å². The topological polar surface area (TPSA) is 58.4 Å². The van der Waals surface area contributed by atoms with Crippen LogP contribution in [0.5, 0.6) is 0 Å². The highest BCUT2D eigenvalue weighted by molar-refractivity contribution is 5.95. The average Bonchev–Trinajstić information content (AvgIpc) is 2.83. The molecule has 0 saturated carbocycles. The number of rotatable bonds is 5. The van der Waals surface area contributed by atoms with Crippen molar-refractivity contribution >= 4 is 11.8 Å². The normalized spacial score (nSPS) is 10.1. The van der Waals surface area contributed by atoms with Crippen molar-refractivity contribution < 1.29 is 9.90 Å². The van der Waals surface area contributed by atoms with Crippen molar-refractivity contribution in [3.8, 4) is 18.0 Å². The molecule has 0 radical (unpaired) electrons. The van der Waals surface area contributed by atoms with Gasteiger partial charge in [0.25, 0.3) is 0 Å². The molecule has 1 aromatic carbocycles. The van der Waals surface area contributed by atoms with E-state index in [0.29, 0.717) is 24.6 Å². The summed E-state index contributed by atoms with van der Waals surface area (Å²) in [6, 6.07) is 9.43. The molecule has 21 heavy (non-hydrogen) atoms. The number of hydrogen-bond acceptors (Lipinski definition) is 3. The van der Waals surface area contributed by atoms with Gasteiger partial charge in [-0.3, -0.25) is 0 Å². The molecule has 1 aromatic heterocycles. The highest BCUT2D eigenvalue weighted by atomic mass is 16.4. The van der Waals surface area contributed by atoms with Crippen molar-refractivity contribution in [2.24, 2.45) is 0 Å². The third-order valence-corrected chi connectivity index (χ3v) is 3.21. The molecule has 0 unspecified atom stereocenters. The zero-order chi connectivity index (χ0) is 15.4. The van der Waals surface area contributed by atoms with Gasteiger partial charge >= 0.3 is 5.97 Å². The smallest absolute Gasteiger partial charge is 0.341 e. The van der Waals surface area contributed by atoms with Crippen LogP contribution >= 0.6 is 0 Å². The first kappa shape index (κ1) is 14.7. The molecule has 2 aromatic rings. The van der Waals surface area contributed by atoms with E-state index in [2.05, 4.69) is 11.0 Å². The molecule has 1 heterocycles. The maximum atomic E-state index is 11.6. The van der Waals surface area contributed by atoms with Gasteiger partial charge in [-0.25, -0.2) is 9.48 Å². The number of nitrogens with zero attached hydrogens (tertiary/aromatic N) is 3. The molecule has 5 nitrogen and oxygen atoms in total. The van der Waals surface area contributed by atoms with Gasteiger partial charge in [-0.15, -0.1) is 6.42 Å². The molecule has 0 saturated heterocycles. The number of aromatic carboxylic acids is 1. The quantitative estimate of drug-likeness (QED) is 0.856. The number of para-hydroxylation sites is 1. The number of anilines is 1. The van der Waals surface area contributed by atoms with Gasteiger partial charge in [0.05, 0.1) is 17.9 Å². The number of aromatic nitrogens is 2. The summed E-state index contributed by atoms with van der Waals surface area (Å²) in [7, 11) is 0. The monoisotopic (exact) mass is 283 g/mol. The molecule has 5 heteroatoms. The highest BCUT2D eigenvalue weighted by Crippen LogP contribution is 2.27. The van der Waals surface area contributed by atoms with Gasteiger partial charge < -0.3 is 10.0 Å². The lowest BCUT2D eigenvalue weighted by Gasteiger charge is -2.22. The number of benzene rings is 1. The third kappa shape index (κ3) is 2.75. The van der Waals surface area contributed by atoms with Crippen LogP contribution in [0.3, 0.4) is 0 Å². The van der Waals surface area contributed by atoms with Crippen LogP contribution in [0.25, 0.3) is 5.69 Å². The Bertz CT molecular complexity index is 684. The van der Waals surface area contributed by atoms with E-state index in [0.717, 1.165) is 5.69 Å². The van der Waals surface area contributed by atoms with E-state index in [1.807, 2.05) is 42.2 Å². The van der Waals surface area contributed by atoms with Crippen molar-refractivity contribution in [2.45, 2.75) is 13.8 Å². The van der Waals surface area contributed by atoms with E-state index in [-0.39, 0.29) is 5.56 Å². The summed E-state index contributed by atoms with van der Waals surface area (Å²) in [6.45, 7) is 4.55. The van der Waals surface area contributed by atoms with Gasteiger partial charge in [0.2, 0.25) is 0 Å². The minimum absolute atomic E-state index is 0.191. The first-order chi connectivity index (χ1) is 10.1. The largest absolute Gasteiger partial charge is 0.477 e. The second-order valence-electron chi connectivity index (χ2n) is 4.55. The number of terminal acetylenes is 1. The SMILES string of the molecule is C#CCN(CC)c1c(C(=O)O)c(C)nn1-c1ccccc1. The van der Waals surface area contributed by atoms with Crippen LogP contribution < -0.4 is 4.90 Å². The molecule has 0 bridgehead atoms. The number of carboxylic acid groups (broad SMARTS) is 1. The molecule has 0 aliphatic carbocycles. The van der Waals surface area contributed by atoms with Crippen LogP contribution in [0.4, 0.5) is 5.82 Å². The van der Waals surface area contributed by atoms with Crippen LogP contribution in [-0.4, -0.2) is 33.9 Å². The third-order valence-electron chi connectivity index (χ3n) is 3.21. The molecule has 1 N–H and O–H groups in total. The lowest BCUT2D eigenvalue weighted by atomic mass is 10.2. The molecule has 2 rings (SSSR count). The van der Waals surface area contributed by atoms with Crippen LogP contribution in [0, 0.1) is 19.3 Å². The predicted molar refractivity (Wildman–Crippen MR) is 82.0 cm³/mol. The lowest BCUT2D eigenvalue weighted by Crippen LogP contribution is -2.27. The standard InChI is InChI=1S/C16H17N3O2/c1-4-11-18(5-2)15-14(16(20)21)12(3)17-19(15)13-9-7-6-8-10-13/h1,6-10H,5,11H2,2-3H3,(H,20,21). The highest BCUT2D eigenvalue weighted by Gasteiger charge is 2.25. The molecule has 0 aliphatic rings. The van der Waals surface area contributed by atoms with Crippen LogP contribution in [0.1, 0.15) is 23.0 Å². The Morgan fingerprint density at radius 2 is 2.10 bits per heavy atom. The van der Waals surface area contributed by atoms with E-state index in [9.17, 15) is 9.90 Å². The van der Waals surface area contributed by atoms with Crippen LogP contribution in [0.2, 0.25) is 0 Å². The minimum Gasteiger partial charge on any atom is -0.477 e. The summed E-state index contributed by atoms with van der Waals surface area (Å²) in [5.41, 5.74) is 1.46. The van der Waals surface area contributed by atoms with Gasteiger partial charge in [0.1, 0.15) is 11.4 Å². The van der Waals surface area contributed by atoms with Gasteiger partial charge in [-0.2, -0.15) is 5.10 Å². The second-order valence-corrected chi connectivity index (χ2v) is 4.55. The zero-order valence-corrected chi connectivity index (χ0v) is 12.1. The zero-order valence-electron chi connectivity index (χ0n) is 12.1. The first-order valence-corrected chi connectivity index (χ1v) is 6.66. The van der Waals surface area contributed by atoms with E-state index >= 15 is 0 Å². The number of carboxylic acids is 1. The van der Waals surface area contributed by atoms with E-state index in [1.165, 1.54) is 0 Å². The molecule has 0 fully saturated rings. The van der Waals surface area contributed by atoms with E-state index in [1.54, 1.807) is 11.6 Å². The Kier molecular flexibility index (Phi) is 4.29. The number of aryl methyl sites for hydroxylation is 1. The maximum absolute atomic E-state index is 11.6. The Morgan fingerprint density at radius 1 is 1.43 bits per heavy atom. The van der Waals surface area contributed by atoms with Crippen molar-refractivity contribution in [3.05, 3.63) is 41.6 Å². The van der Waals surface area contributed by atoms with Crippen molar-refractivity contribution in [1.82, 2.24) is 9.78 Å². The van der Waals surface area contributed by atoms with Crippen molar-refractivity contribution in [2.75, 3.05) is 18.0 Å².